The molecule has 1 aromatic carbocycles. The molecule has 3 heteroatoms. The van der Waals surface area contributed by atoms with Gasteiger partial charge >= 0.3 is 0 Å². The van der Waals surface area contributed by atoms with Crippen LogP contribution >= 0.6 is 0 Å². The highest BCUT2D eigenvalue weighted by atomic mass is 16.5. The average Bonchev–Trinajstić information content (AvgIpc) is 2.88. The molecular formula is C15H19NO2. The number of hydrogen-bond acceptors (Lipinski definition) is 3. The summed E-state index contributed by atoms with van der Waals surface area (Å²) in [5, 5.41) is 0. The Morgan fingerprint density at radius 1 is 1.28 bits per heavy atom. The SMILES string of the molecule is CCC(N)c1ccc(-c2cccc(COC)c2)o1. The molecule has 96 valence electrons. The first-order valence-corrected chi connectivity index (χ1v) is 6.18. The Bertz CT molecular complexity index is 505. The van der Waals surface area contributed by atoms with Crippen molar-refractivity contribution in [2.24, 2.45) is 5.73 Å². The molecule has 0 spiro atoms. The molecule has 1 unspecified atom stereocenters. The van der Waals surface area contributed by atoms with E-state index in [4.69, 9.17) is 14.9 Å². The van der Waals surface area contributed by atoms with Gasteiger partial charge in [-0.25, -0.2) is 0 Å². The predicted octanol–water partition coefficient (Wildman–Crippen LogP) is 3.50. The first kappa shape index (κ1) is 12.9. The molecule has 2 N–H and O–H groups in total. The third kappa shape index (κ3) is 2.81. The molecule has 0 fully saturated rings. The van der Waals surface area contributed by atoms with E-state index >= 15 is 0 Å². The highest BCUT2D eigenvalue weighted by Gasteiger charge is 2.10. The molecule has 0 amide bonds. The molecule has 18 heavy (non-hydrogen) atoms. The van der Waals surface area contributed by atoms with Gasteiger partial charge < -0.3 is 14.9 Å². The van der Waals surface area contributed by atoms with E-state index in [1.54, 1.807) is 7.11 Å². The van der Waals surface area contributed by atoms with Crippen molar-refractivity contribution in [3.05, 3.63) is 47.7 Å². The normalized spacial score (nSPS) is 12.6. The van der Waals surface area contributed by atoms with Crippen LogP contribution in [0.2, 0.25) is 0 Å². The zero-order valence-electron chi connectivity index (χ0n) is 10.8. The maximum Gasteiger partial charge on any atom is 0.134 e. The molecule has 0 aliphatic carbocycles. The van der Waals surface area contributed by atoms with Crippen LogP contribution in [0.15, 0.2) is 40.8 Å². The standard InChI is InChI=1S/C15H19NO2/c1-3-13(16)15-8-7-14(18-15)12-6-4-5-11(9-12)10-17-2/h4-9,13H,3,10,16H2,1-2H3. The summed E-state index contributed by atoms with van der Waals surface area (Å²) in [6, 6.07) is 12.0. The summed E-state index contributed by atoms with van der Waals surface area (Å²) < 4.78 is 10.9. The van der Waals surface area contributed by atoms with E-state index < -0.39 is 0 Å². The summed E-state index contributed by atoms with van der Waals surface area (Å²) in [7, 11) is 1.69. The fourth-order valence-electron chi connectivity index (χ4n) is 1.89. The van der Waals surface area contributed by atoms with Gasteiger partial charge in [-0.1, -0.05) is 25.1 Å². The molecule has 1 atom stereocenters. The van der Waals surface area contributed by atoms with Crippen LogP contribution in [0.25, 0.3) is 11.3 Å². The highest BCUT2D eigenvalue weighted by Crippen LogP contribution is 2.26. The van der Waals surface area contributed by atoms with E-state index in [-0.39, 0.29) is 6.04 Å². The first-order valence-electron chi connectivity index (χ1n) is 6.18. The van der Waals surface area contributed by atoms with Crippen molar-refractivity contribution in [2.75, 3.05) is 7.11 Å². The zero-order valence-corrected chi connectivity index (χ0v) is 10.8. The quantitative estimate of drug-likeness (QED) is 0.877. The second kappa shape index (κ2) is 5.85. The van der Waals surface area contributed by atoms with Crippen molar-refractivity contribution in [3.8, 4) is 11.3 Å². The molecule has 0 bridgehead atoms. The smallest absolute Gasteiger partial charge is 0.134 e. The minimum Gasteiger partial charge on any atom is -0.459 e. The summed E-state index contributed by atoms with van der Waals surface area (Å²) in [5.74, 6) is 1.69. The molecule has 2 aromatic rings. The molecule has 0 aliphatic heterocycles. The monoisotopic (exact) mass is 245 g/mol. The fraction of sp³-hybridized carbons (Fsp3) is 0.333. The number of hydrogen-bond donors (Lipinski definition) is 1. The van der Waals surface area contributed by atoms with Crippen molar-refractivity contribution in [3.63, 3.8) is 0 Å². The van der Waals surface area contributed by atoms with E-state index in [1.165, 1.54) is 0 Å². The van der Waals surface area contributed by atoms with E-state index in [2.05, 4.69) is 6.07 Å². The first-order chi connectivity index (χ1) is 8.74. The molecule has 1 aromatic heterocycles. The van der Waals surface area contributed by atoms with Gasteiger partial charge in [0.1, 0.15) is 11.5 Å². The van der Waals surface area contributed by atoms with E-state index in [0.29, 0.717) is 6.61 Å². The Morgan fingerprint density at radius 3 is 2.83 bits per heavy atom. The third-order valence-electron chi connectivity index (χ3n) is 2.95. The third-order valence-corrected chi connectivity index (χ3v) is 2.95. The van der Waals surface area contributed by atoms with Crippen molar-refractivity contribution in [1.29, 1.82) is 0 Å². The zero-order chi connectivity index (χ0) is 13.0. The van der Waals surface area contributed by atoms with Gasteiger partial charge in [0, 0.05) is 12.7 Å². The van der Waals surface area contributed by atoms with Gasteiger partial charge in [0.05, 0.1) is 12.6 Å². The predicted molar refractivity (Wildman–Crippen MR) is 72.1 cm³/mol. The number of rotatable bonds is 5. The van der Waals surface area contributed by atoms with Crippen LogP contribution in [0.5, 0.6) is 0 Å². The largest absolute Gasteiger partial charge is 0.459 e. The lowest BCUT2D eigenvalue weighted by molar-refractivity contribution is 0.185. The lowest BCUT2D eigenvalue weighted by Gasteiger charge is -2.05. The van der Waals surface area contributed by atoms with Crippen LogP contribution in [-0.4, -0.2) is 7.11 Å². The summed E-state index contributed by atoms with van der Waals surface area (Å²) in [4.78, 5) is 0. The van der Waals surface area contributed by atoms with Gasteiger partial charge in [-0.15, -0.1) is 0 Å². The minimum atomic E-state index is -0.0269. The van der Waals surface area contributed by atoms with Crippen molar-refractivity contribution >= 4 is 0 Å². The van der Waals surface area contributed by atoms with Gasteiger partial charge in [0.25, 0.3) is 0 Å². The van der Waals surface area contributed by atoms with Gasteiger partial charge in [-0.3, -0.25) is 0 Å². The number of methoxy groups -OCH3 is 1. The van der Waals surface area contributed by atoms with Crippen LogP contribution < -0.4 is 5.73 Å². The Kier molecular flexibility index (Phi) is 4.18. The van der Waals surface area contributed by atoms with Crippen LogP contribution in [0.4, 0.5) is 0 Å². The van der Waals surface area contributed by atoms with E-state index in [9.17, 15) is 0 Å². The van der Waals surface area contributed by atoms with Crippen molar-refractivity contribution < 1.29 is 9.15 Å². The van der Waals surface area contributed by atoms with Crippen LogP contribution in [0.3, 0.4) is 0 Å². The second-order valence-corrected chi connectivity index (χ2v) is 4.35. The Labute approximate surface area is 108 Å². The highest BCUT2D eigenvalue weighted by molar-refractivity contribution is 5.58. The molecule has 0 aliphatic rings. The van der Waals surface area contributed by atoms with Crippen LogP contribution in [0.1, 0.15) is 30.7 Å². The average molecular weight is 245 g/mol. The topological polar surface area (TPSA) is 48.4 Å². The number of furan rings is 1. The summed E-state index contributed by atoms with van der Waals surface area (Å²) in [6.45, 7) is 2.65. The van der Waals surface area contributed by atoms with Gasteiger partial charge in [-0.2, -0.15) is 0 Å². The van der Waals surface area contributed by atoms with E-state index in [1.807, 2.05) is 37.3 Å². The number of ether oxygens (including phenoxy) is 1. The summed E-state index contributed by atoms with van der Waals surface area (Å²) in [5.41, 5.74) is 8.14. The fourth-order valence-corrected chi connectivity index (χ4v) is 1.89. The van der Waals surface area contributed by atoms with Crippen LogP contribution in [-0.2, 0) is 11.3 Å². The molecule has 2 rings (SSSR count). The summed E-state index contributed by atoms with van der Waals surface area (Å²) >= 11 is 0. The minimum absolute atomic E-state index is 0.0269. The lowest BCUT2D eigenvalue weighted by Crippen LogP contribution is -2.06. The number of nitrogens with two attached hydrogens (primary N) is 1. The van der Waals surface area contributed by atoms with Gasteiger partial charge in [0.15, 0.2) is 0 Å². The molecular weight excluding hydrogens is 226 g/mol. The molecule has 0 saturated heterocycles. The maximum absolute atomic E-state index is 5.95. The second-order valence-electron chi connectivity index (χ2n) is 4.35. The van der Waals surface area contributed by atoms with Crippen molar-refractivity contribution in [1.82, 2.24) is 0 Å². The maximum atomic E-state index is 5.95. The lowest BCUT2D eigenvalue weighted by atomic mass is 10.1. The molecule has 3 nitrogen and oxygen atoms in total. The van der Waals surface area contributed by atoms with Crippen molar-refractivity contribution in [2.45, 2.75) is 26.0 Å². The Morgan fingerprint density at radius 2 is 2.11 bits per heavy atom. The van der Waals surface area contributed by atoms with Gasteiger partial charge in [0.2, 0.25) is 0 Å². The Hall–Kier alpha value is -1.58. The number of benzene rings is 1. The van der Waals surface area contributed by atoms with E-state index in [0.717, 1.165) is 29.1 Å². The van der Waals surface area contributed by atoms with Gasteiger partial charge in [-0.05, 0) is 30.2 Å². The molecule has 0 saturated carbocycles. The Balaban J connectivity index is 2.25. The summed E-state index contributed by atoms with van der Waals surface area (Å²) in [6.07, 6.45) is 0.872. The molecule has 1 heterocycles. The molecule has 0 radical (unpaired) electrons. The van der Waals surface area contributed by atoms with Crippen LogP contribution in [0, 0.1) is 0 Å².